The zero-order valence-corrected chi connectivity index (χ0v) is 12.4. The zero-order chi connectivity index (χ0) is 14.7. The molecule has 20 heavy (non-hydrogen) atoms. The van der Waals surface area contributed by atoms with Crippen LogP contribution in [0.15, 0.2) is 11.8 Å². The van der Waals surface area contributed by atoms with Crippen LogP contribution in [0.2, 0.25) is 0 Å². The summed E-state index contributed by atoms with van der Waals surface area (Å²) >= 11 is 0. The Bertz CT molecular complexity index is 455. The molecule has 0 aromatic heterocycles. The number of hydrogen-bond donors (Lipinski definition) is 2. The predicted molar refractivity (Wildman–Crippen MR) is 73.8 cm³/mol. The highest BCUT2D eigenvalue weighted by atomic mass is 16.5. The first-order chi connectivity index (χ1) is 9.34. The maximum Gasteiger partial charge on any atom is 0.153 e. The fourth-order valence-corrected chi connectivity index (χ4v) is 4.90. The third kappa shape index (κ3) is 1.52. The molecule has 0 radical (unpaired) electrons. The number of ether oxygens (including phenoxy) is 1. The topological polar surface area (TPSA) is 66.8 Å². The molecule has 112 valence electrons. The van der Waals surface area contributed by atoms with Crippen LogP contribution in [0.3, 0.4) is 0 Å². The number of carbonyl (C=O) groups is 1. The van der Waals surface area contributed by atoms with E-state index in [1.807, 2.05) is 6.92 Å². The summed E-state index contributed by atoms with van der Waals surface area (Å²) in [6.45, 7) is 5.94. The van der Waals surface area contributed by atoms with Gasteiger partial charge in [-0.25, -0.2) is 0 Å². The van der Waals surface area contributed by atoms with Crippen LogP contribution in [0.1, 0.15) is 40.0 Å². The lowest BCUT2D eigenvalue weighted by Gasteiger charge is -2.54. The van der Waals surface area contributed by atoms with E-state index in [1.165, 1.54) is 6.08 Å². The summed E-state index contributed by atoms with van der Waals surface area (Å²) in [5, 5.41) is 21.6. The Hall–Kier alpha value is -0.870. The van der Waals surface area contributed by atoms with Gasteiger partial charge < -0.3 is 14.9 Å². The summed E-state index contributed by atoms with van der Waals surface area (Å²) < 4.78 is 5.81. The molecule has 3 rings (SSSR count). The minimum atomic E-state index is -1.14. The van der Waals surface area contributed by atoms with Gasteiger partial charge in [0.15, 0.2) is 6.10 Å². The van der Waals surface area contributed by atoms with Crippen molar-refractivity contribution in [2.45, 2.75) is 57.8 Å². The van der Waals surface area contributed by atoms with Crippen molar-refractivity contribution in [1.82, 2.24) is 0 Å². The molecule has 0 aromatic carbocycles. The third-order valence-corrected chi connectivity index (χ3v) is 6.24. The second-order valence-corrected chi connectivity index (χ2v) is 7.23. The Balaban J connectivity index is 2.10. The molecule has 0 aromatic rings. The first-order valence-electron chi connectivity index (χ1n) is 7.57. The molecule has 1 heterocycles. The number of aliphatic hydroxyl groups is 2. The normalized spacial score (nSPS) is 56.2. The summed E-state index contributed by atoms with van der Waals surface area (Å²) in [4.78, 5) is 10.9. The minimum Gasteiger partial charge on any atom is -0.488 e. The first-order valence-corrected chi connectivity index (χ1v) is 7.57. The van der Waals surface area contributed by atoms with Crippen molar-refractivity contribution in [3.05, 3.63) is 11.8 Å². The van der Waals surface area contributed by atoms with Crippen molar-refractivity contribution < 1.29 is 19.7 Å². The van der Waals surface area contributed by atoms with Crippen LogP contribution in [-0.4, -0.2) is 34.3 Å². The van der Waals surface area contributed by atoms with Crippen LogP contribution in [0.25, 0.3) is 0 Å². The lowest BCUT2D eigenvalue weighted by Crippen LogP contribution is -2.64. The Kier molecular flexibility index (Phi) is 3.04. The second kappa shape index (κ2) is 4.31. The van der Waals surface area contributed by atoms with Crippen LogP contribution in [0.5, 0.6) is 0 Å². The van der Waals surface area contributed by atoms with Gasteiger partial charge in [0.1, 0.15) is 17.6 Å². The van der Waals surface area contributed by atoms with Gasteiger partial charge in [-0.3, -0.25) is 4.79 Å². The maximum absolute atomic E-state index is 11.0. The summed E-state index contributed by atoms with van der Waals surface area (Å²) in [5.74, 6) is 1.44. The quantitative estimate of drug-likeness (QED) is 0.566. The van der Waals surface area contributed by atoms with Crippen LogP contribution >= 0.6 is 0 Å². The molecule has 4 heteroatoms. The van der Waals surface area contributed by atoms with E-state index in [2.05, 4.69) is 6.92 Å². The number of carbonyl (C=O) groups excluding carboxylic acids is 1. The SMILES string of the molecule is C[C@H]1CC[C@H]2[C@H](C1)[C@@H](O)[C@@H]1O/C(=C\C=O)[C@@]2(C)[C@]1(C)O. The van der Waals surface area contributed by atoms with Gasteiger partial charge in [-0.15, -0.1) is 0 Å². The van der Waals surface area contributed by atoms with Crippen LogP contribution in [0, 0.1) is 23.2 Å². The van der Waals surface area contributed by atoms with Gasteiger partial charge in [0.05, 0.1) is 11.5 Å². The number of aldehydes is 1. The van der Waals surface area contributed by atoms with Gasteiger partial charge in [0.25, 0.3) is 0 Å². The Morgan fingerprint density at radius 1 is 1.35 bits per heavy atom. The lowest BCUT2D eigenvalue weighted by atomic mass is 9.50. The smallest absolute Gasteiger partial charge is 0.153 e. The van der Waals surface area contributed by atoms with Gasteiger partial charge in [-0.1, -0.05) is 13.3 Å². The first kappa shape index (κ1) is 14.1. The summed E-state index contributed by atoms with van der Waals surface area (Å²) in [5.41, 5.74) is -1.72. The number of aliphatic hydroxyl groups excluding tert-OH is 1. The molecule has 2 bridgehead atoms. The van der Waals surface area contributed by atoms with Crippen molar-refractivity contribution in [1.29, 1.82) is 0 Å². The van der Waals surface area contributed by atoms with Crippen molar-refractivity contribution in [3.8, 4) is 0 Å². The highest BCUT2D eigenvalue weighted by molar-refractivity contribution is 5.66. The lowest BCUT2D eigenvalue weighted by molar-refractivity contribution is -0.192. The molecule has 2 saturated carbocycles. The van der Waals surface area contributed by atoms with Gasteiger partial charge in [-0.2, -0.15) is 0 Å². The fraction of sp³-hybridized carbons (Fsp3) is 0.812. The highest BCUT2D eigenvalue weighted by Crippen LogP contribution is 2.64. The van der Waals surface area contributed by atoms with Gasteiger partial charge in [-0.05, 0) is 44.4 Å². The number of rotatable bonds is 1. The molecule has 3 fully saturated rings. The van der Waals surface area contributed by atoms with Crippen molar-refractivity contribution in [2.24, 2.45) is 23.2 Å². The molecule has 1 saturated heterocycles. The minimum absolute atomic E-state index is 0.145. The van der Waals surface area contributed by atoms with E-state index < -0.39 is 23.2 Å². The Labute approximate surface area is 119 Å². The monoisotopic (exact) mass is 280 g/mol. The number of allylic oxidation sites excluding steroid dienone is 1. The molecular formula is C16H24O4. The van der Waals surface area contributed by atoms with Crippen molar-refractivity contribution in [2.75, 3.05) is 0 Å². The van der Waals surface area contributed by atoms with E-state index in [0.29, 0.717) is 18.0 Å². The standard InChI is InChI=1S/C16H24O4/c1-9-4-5-11-10(8-9)13(18)14-16(3,19)15(11,2)12(20-14)6-7-17/h6-7,9-11,13-14,18-19H,4-5,8H2,1-3H3/b12-6-/t9-,10-,11-,13+,14-,15-,16+/m0/s1. The van der Waals surface area contributed by atoms with E-state index in [-0.39, 0.29) is 11.8 Å². The molecule has 0 amide bonds. The molecule has 0 spiro atoms. The van der Waals surface area contributed by atoms with Gasteiger partial charge in [0.2, 0.25) is 0 Å². The Morgan fingerprint density at radius 2 is 2.05 bits per heavy atom. The van der Waals surface area contributed by atoms with E-state index in [9.17, 15) is 15.0 Å². The molecule has 1 aliphatic heterocycles. The summed E-state index contributed by atoms with van der Waals surface area (Å²) in [6, 6.07) is 0. The molecule has 3 aliphatic rings. The maximum atomic E-state index is 11.0. The Morgan fingerprint density at radius 3 is 2.70 bits per heavy atom. The molecule has 7 atom stereocenters. The number of fused-ring (bicyclic) bond motifs is 4. The van der Waals surface area contributed by atoms with Crippen LogP contribution in [-0.2, 0) is 9.53 Å². The predicted octanol–water partition coefficient (Wildman–Crippen LogP) is 1.65. The van der Waals surface area contributed by atoms with E-state index >= 15 is 0 Å². The van der Waals surface area contributed by atoms with Crippen LogP contribution in [0.4, 0.5) is 0 Å². The van der Waals surface area contributed by atoms with Gasteiger partial charge >= 0.3 is 0 Å². The molecule has 2 N–H and O–H groups in total. The van der Waals surface area contributed by atoms with Gasteiger partial charge in [0, 0.05) is 6.08 Å². The number of hydrogen-bond acceptors (Lipinski definition) is 4. The molecular weight excluding hydrogens is 256 g/mol. The average Bonchev–Trinajstić information content (AvgIpc) is 2.52. The summed E-state index contributed by atoms with van der Waals surface area (Å²) in [6.07, 6.45) is 3.85. The molecule has 2 aliphatic carbocycles. The molecule has 4 nitrogen and oxygen atoms in total. The third-order valence-electron chi connectivity index (χ3n) is 6.24. The average molecular weight is 280 g/mol. The zero-order valence-electron chi connectivity index (χ0n) is 12.4. The highest BCUT2D eigenvalue weighted by Gasteiger charge is 2.70. The van der Waals surface area contributed by atoms with E-state index in [0.717, 1.165) is 19.3 Å². The fourth-order valence-electron chi connectivity index (χ4n) is 4.90. The van der Waals surface area contributed by atoms with E-state index in [4.69, 9.17) is 4.74 Å². The van der Waals surface area contributed by atoms with Crippen LogP contribution < -0.4 is 0 Å². The summed E-state index contributed by atoms with van der Waals surface area (Å²) in [7, 11) is 0. The van der Waals surface area contributed by atoms with Crippen molar-refractivity contribution >= 4 is 6.29 Å². The van der Waals surface area contributed by atoms with E-state index in [1.54, 1.807) is 6.92 Å². The second-order valence-electron chi connectivity index (χ2n) is 7.23. The van der Waals surface area contributed by atoms with Crippen molar-refractivity contribution in [3.63, 3.8) is 0 Å². The largest absolute Gasteiger partial charge is 0.488 e. The molecule has 0 unspecified atom stereocenters.